The molecule has 4 nitrogen and oxygen atoms in total. The summed E-state index contributed by atoms with van der Waals surface area (Å²) in [5.74, 6) is -1.78. The van der Waals surface area contributed by atoms with Crippen LogP contribution in [0.5, 0.6) is 0 Å². The van der Waals surface area contributed by atoms with Gasteiger partial charge in [0.2, 0.25) is 0 Å². The largest absolute Gasteiger partial charge is 0.330 e. The lowest BCUT2D eigenvalue weighted by Gasteiger charge is -2.06. The summed E-state index contributed by atoms with van der Waals surface area (Å²) in [6.07, 6.45) is 1.64. The van der Waals surface area contributed by atoms with Gasteiger partial charge in [0.1, 0.15) is 5.52 Å². The molecule has 0 saturated heterocycles. The highest BCUT2D eigenvalue weighted by Gasteiger charge is 2.14. The zero-order valence-corrected chi connectivity index (χ0v) is 10.8. The van der Waals surface area contributed by atoms with Crippen LogP contribution in [0.1, 0.15) is 5.69 Å². The van der Waals surface area contributed by atoms with Gasteiger partial charge in [-0.3, -0.25) is 4.68 Å². The molecule has 98 valence electrons. The highest BCUT2D eigenvalue weighted by molar-refractivity contribution is 7.71. The molecule has 3 aromatic rings. The molecule has 1 aromatic carbocycles. The summed E-state index contributed by atoms with van der Waals surface area (Å²) in [7, 11) is 1.78. The minimum absolute atomic E-state index is 0.145. The van der Waals surface area contributed by atoms with Crippen molar-refractivity contribution in [3.05, 3.63) is 46.5 Å². The van der Waals surface area contributed by atoms with Crippen molar-refractivity contribution >= 4 is 23.3 Å². The van der Waals surface area contributed by atoms with E-state index in [1.54, 1.807) is 24.0 Å². The molecule has 0 atom stereocenters. The van der Waals surface area contributed by atoms with Crippen molar-refractivity contribution in [2.45, 2.75) is 6.54 Å². The van der Waals surface area contributed by atoms with Gasteiger partial charge in [0, 0.05) is 13.2 Å². The molecule has 0 aliphatic rings. The van der Waals surface area contributed by atoms with Gasteiger partial charge < -0.3 is 9.55 Å². The number of aromatic amines is 1. The zero-order valence-electron chi connectivity index (χ0n) is 10.0. The molecule has 19 heavy (non-hydrogen) atoms. The highest BCUT2D eigenvalue weighted by Crippen LogP contribution is 2.21. The monoisotopic (exact) mass is 280 g/mol. The second-order valence-electron chi connectivity index (χ2n) is 4.22. The average molecular weight is 280 g/mol. The molecule has 0 unspecified atom stereocenters. The molecule has 0 radical (unpaired) electrons. The molecule has 0 aliphatic heterocycles. The Morgan fingerprint density at radius 3 is 2.79 bits per heavy atom. The number of hydrogen-bond acceptors (Lipinski definition) is 2. The molecule has 0 saturated carbocycles. The first-order valence-corrected chi connectivity index (χ1v) is 6.02. The molecule has 0 amide bonds. The number of aromatic nitrogens is 4. The molecule has 0 bridgehead atoms. The van der Waals surface area contributed by atoms with E-state index < -0.39 is 11.6 Å². The Morgan fingerprint density at radius 2 is 2.11 bits per heavy atom. The molecule has 0 spiro atoms. The zero-order chi connectivity index (χ0) is 13.6. The van der Waals surface area contributed by atoms with Gasteiger partial charge in [-0.05, 0) is 30.4 Å². The van der Waals surface area contributed by atoms with Crippen LogP contribution in [0, 0.1) is 16.4 Å². The van der Waals surface area contributed by atoms with E-state index in [9.17, 15) is 8.78 Å². The number of rotatable bonds is 2. The van der Waals surface area contributed by atoms with Gasteiger partial charge in [0.25, 0.3) is 0 Å². The van der Waals surface area contributed by atoms with E-state index in [4.69, 9.17) is 12.2 Å². The SMILES string of the molecule is Cn1nccc1Cn1c(=S)[nH]c2ccc(F)c(F)c21. The Morgan fingerprint density at radius 1 is 1.32 bits per heavy atom. The Kier molecular flexibility index (Phi) is 2.70. The number of imidazole rings is 1. The fraction of sp³-hybridized carbons (Fsp3) is 0.167. The van der Waals surface area contributed by atoms with Crippen molar-refractivity contribution in [1.29, 1.82) is 0 Å². The summed E-state index contributed by atoms with van der Waals surface area (Å²) < 4.78 is 30.8. The molecule has 7 heteroatoms. The third kappa shape index (κ3) is 1.86. The Labute approximate surface area is 112 Å². The van der Waals surface area contributed by atoms with E-state index in [-0.39, 0.29) is 5.52 Å². The van der Waals surface area contributed by atoms with Crippen LogP contribution in [0.4, 0.5) is 8.78 Å². The molecule has 2 heterocycles. The van der Waals surface area contributed by atoms with Gasteiger partial charge in [-0.1, -0.05) is 0 Å². The summed E-state index contributed by atoms with van der Waals surface area (Å²) >= 11 is 5.16. The topological polar surface area (TPSA) is 38.5 Å². The van der Waals surface area contributed by atoms with Gasteiger partial charge in [-0.15, -0.1) is 0 Å². The number of hydrogen-bond donors (Lipinski definition) is 1. The third-order valence-corrected chi connectivity index (χ3v) is 3.39. The van der Waals surface area contributed by atoms with Crippen LogP contribution in [-0.4, -0.2) is 19.3 Å². The summed E-state index contributed by atoms with van der Waals surface area (Å²) in [5.41, 5.74) is 1.47. The number of fused-ring (bicyclic) bond motifs is 1. The number of benzene rings is 1. The predicted octanol–water partition coefficient (Wildman–Crippen LogP) is 2.76. The first-order valence-electron chi connectivity index (χ1n) is 5.61. The maximum Gasteiger partial charge on any atom is 0.184 e. The third-order valence-electron chi connectivity index (χ3n) is 3.07. The van der Waals surface area contributed by atoms with Crippen molar-refractivity contribution in [3.63, 3.8) is 0 Å². The number of nitrogens with one attached hydrogen (secondary N) is 1. The predicted molar refractivity (Wildman–Crippen MR) is 69.3 cm³/mol. The van der Waals surface area contributed by atoms with Crippen molar-refractivity contribution in [2.75, 3.05) is 0 Å². The number of H-pyrrole nitrogens is 1. The van der Waals surface area contributed by atoms with E-state index in [1.165, 1.54) is 10.6 Å². The maximum absolute atomic E-state index is 13.9. The fourth-order valence-corrected chi connectivity index (χ4v) is 2.32. The van der Waals surface area contributed by atoms with Gasteiger partial charge in [0.15, 0.2) is 16.4 Å². The normalized spacial score (nSPS) is 11.3. The quantitative estimate of drug-likeness (QED) is 0.733. The van der Waals surface area contributed by atoms with E-state index in [0.717, 1.165) is 11.8 Å². The van der Waals surface area contributed by atoms with Crippen LogP contribution in [0.2, 0.25) is 0 Å². The smallest absolute Gasteiger partial charge is 0.184 e. The lowest BCUT2D eigenvalue weighted by Crippen LogP contribution is -2.06. The molecule has 1 N–H and O–H groups in total. The van der Waals surface area contributed by atoms with E-state index >= 15 is 0 Å². The number of nitrogens with zero attached hydrogens (tertiary/aromatic N) is 3. The fourth-order valence-electron chi connectivity index (χ4n) is 2.06. The van der Waals surface area contributed by atoms with E-state index in [1.807, 2.05) is 0 Å². The van der Waals surface area contributed by atoms with E-state index in [2.05, 4.69) is 10.1 Å². The molecule has 0 fully saturated rings. The molecule has 0 aliphatic carbocycles. The molecular weight excluding hydrogens is 270 g/mol. The number of halogens is 2. The summed E-state index contributed by atoms with van der Waals surface area (Å²) in [5, 5.41) is 4.04. The Balaban J connectivity index is 2.23. The molecule has 3 rings (SSSR count). The van der Waals surface area contributed by atoms with Crippen molar-refractivity contribution in [3.8, 4) is 0 Å². The second-order valence-corrected chi connectivity index (χ2v) is 4.61. The van der Waals surface area contributed by atoms with Crippen LogP contribution in [-0.2, 0) is 13.6 Å². The standard InChI is InChI=1S/C12H10F2N4S/c1-17-7(4-5-15-17)6-18-11-9(16-12(18)19)3-2-8(13)10(11)14/h2-5H,6H2,1H3,(H,16,19). The van der Waals surface area contributed by atoms with E-state index in [0.29, 0.717) is 16.8 Å². The Bertz CT molecular complexity index is 815. The first kappa shape index (κ1) is 12.0. The van der Waals surface area contributed by atoms with Crippen LogP contribution in [0.3, 0.4) is 0 Å². The highest BCUT2D eigenvalue weighted by atomic mass is 32.1. The van der Waals surface area contributed by atoms with Gasteiger partial charge in [-0.2, -0.15) is 5.10 Å². The maximum atomic E-state index is 13.9. The molecule has 2 aromatic heterocycles. The van der Waals surface area contributed by atoms with Crippen LogP contribution in [0.25, 0.3) is 11.0 Å². The number of aryl methyl sites for hydroxylation is 1. The van der Waals surface area contributed by atoms with Crippen LogP contribution in [0.15, 0.2) is 24.4 Å². The van der Waals surface area contributed by atoms with Gasteiger partial charge in [0.05, 0.1) is 17.8 Å². The van der Waals surface area contributed by atoms with Gasteiger partial charge >= 0.3 is 0 Å². The van der Waals surface area contributed by atoms with Crippen LogP contribution < -0.4 is 0 Å². The minimum Gasteiger partial charge on any atom is -0.330 e. The average Bonchev–Trinajstić information content (AvgIpc) is 2.91. The van der Waals surface area contributed by atoms with Gasteiger partial charge in [-0.25, -0.2) is 8.78 Å². The van der Waals surface area contributed by atoms with Crippen molar-refractivity contribution < 1.29 is 8.78 Å². The summed E-state index contributed by atoms with van der Waals surface area (Å²) in [6, 6.07) is 4.36. The lowest BCUT2D eigenvalue weighted by atomic mass is 10.3. The lowest BCUT2D eigenvalue weighted by molar-refractivity contribution is 0.511. The Hall–Kier alpha value is -2.02. The van der Waals surface area contributed by atoms with Crippen molar-refractivity contribution in [1.82, 2.24) is 19.3 Å². The minimum atomic E-state index is -0.896. The molecular formula is C12H10F2N4S. The summed E-state index contributed by atoms with van der Waals surface area (Å²) in [4.78, 5) is 2.87. The van der Waals surface area contributed by atoms with Crippen LogP contribution >= 0.6 is 12.2 Å². The second kappa shape index (κ2) is 4.27. The van der Waals surface area contributed by atoms with Crippen molar-refractivity contribution in [2.24, 2.45) is 7.05 Å². The summed E-state index contributed by atoms with van der Waals surface area (Å²) in [6.45, 7) is 0.329. The first-order chi connectivity index (χ1) is 9.08.